The van der Waals surface area contributed by atoms with Crippen LogP contribution in [0.5, 0.6) is 5.75 Å². The summed E-state index contributed by atoms with van der Waals surface area (Å²) in [6.07, 6.45) is 1.16. The third-order valence-corrected chi connectivity index (χ3v) is 2.38. The van der Waals surface area contributed by atoms with Gasteiger partial charge >= 0.3 is 5.97 Å². The molecule has 3 heteroatoms. The lowest BCUT2D eigenvalue weighted by molar-refractivity contribution is -0.131. The zero-order chi connectivity index (χ0) is 12.1. The van der Waals surface area contributed by atoms with Gasteiger partial charge in [-0.25, -0.2) is 4.79 Å². The first-order valence-corrected chi connectivity index (χ1v) is 5.10. The quantitative estimate of drug-likeness (QED) is 0.793. The Hall–Kier alpha value is -1.77. The molecule has 0 aliphatic carbocycles. The lowest BCUT2D eigenvalue weighted by Crippen LogP contribution is -2.02. The molecule has 0 aliphatic heterocycles. The summed E-state index contributed by atoms with van der Waals surface area (Å²) in [6, 6.07) is 5.83. The minimum atomic E-state index is -0.943. The minimum Gasteiger partial charge on any atom is -0.489 e. The van der Waals surface area contributed by atoms with Crippen molar-refractivity contribution in [3.8, 4) is 5.75 Å². The molecule has 0 aromatic heterocycles. The van der Waals surface area contributed by atoms with Gasteiger partial charge in [0.2, 0.25) is 0 Å². The average Bonchev–Trinajstić information content (AvgIpc) is 2.19. The topological polar surface area (TPSA) is 46.5 Å². The van der Waals surface area contributed by atoms with E-state index >= 15 is 0 Å². The molecule has 1 rings (SSSR count). The number of rotatable bonds is 4. The Labute approximate surface area is 95.4 Å². The summed E-state index contributed by atoms with van der Waals surface area (Å²) in [6.45, 7) is 6.04. The molecule has 0 atom stereocenters. The highest BCUT2D eigenvalue weighted by Crippen LogP contribution is 2.20. The molecule has 0 saturated carbocycles. The van der Waals surface area contributed by atoms with Crippen molar-refractivity contribution in [2.24, 2.45) is 0 Å². The van der Waals surface area contributed by atoms with Crippen molar-refractivity contribution in [2.45, 2.75) is 20.8 Å². The van der Waals surface area contributed by atoms with Crippen LogP contribution in [0.1, 0.15) is 18.1 Å². The van der Waals surface area contributed by atoms with Gasteiger partial charge in [-0.05, 0) is 43.5 Å². The molecule has 0 heterocycles. The molecule has 0 aliphatic rings. The smallest absolute Gasteiger partial charge is 0.328 e. The molecular formula is C13H16O3. The van der Waals surface area contributed by atoms with Gasteiger partial charge in [-0.15, -0.1) is 0 Å². The van der Waals surface area contributed by atoms with Crippen molar-refractivity contribution >= 4 is 5.97 Å². The number of carboxylic acids is 1. The Bertz CT molecular complexity index is 419. The van der Waals surface area contributed by atoms with E-state index in [4.69, 9.17) is 9.84 Å². The number of hydrogen-bond donors (Lipinski definition) is 1. The highest BCUT2D eigenvalue weighted by molar-refractivity contribution is 5.80. The lowest BCUT2D eigenvalue weighted by Gasteiger charge is -2.10. The van der Waals surface area contributed by atoms with E-state index in [1.807, 2.05) is 32.0 Å². The molecular weight excluding hydrogens is 204 g/mol. The van der Waals surface area contributed by atoms with Gasteiger partial charge < -0.3 is 9.84 Å². The number of hydrogen-bond acceptors (Lipinski definition) is 2. The Kier molecular flexibility index (Phi) is 4.11. The van der Waals surface area contributed by atoms with Crippen LogP contribution < -0.4 is 4.74 Å². The van der Waals surface area contributed by atoms with Crippen LogP contribution in [0, 0.1) is 13.8 Å². The van der Waals surface area contributed by atoms with Crippen LogP contribution in [0.2, 0.25) is 0 Å². The fraction of sp³-hybridized carbons (Fsp3) is 0.308. The maximum Gasteiger partial charge on any atom is 0.328 e. The summed E-state index contributed by atoms with van der Waals surface area (Å²) < 4.78 is 5.55. The van der Waals surface area contributed by atoms with E-state index < -0.39 is 5.97 Å². The standard InChI is InChI=1S/C13H16O3/c1-9(7-13(14)15)8-16-12-6-4-5-10(2)11(12)3/h4-7H,8H2,1-3H3,(H,14,15)/b9-7+. The largest absolute Gasteiger partial charge is 0.489 e. The Morgan fingerprint density at radius 2 is 2.12 bits per heavy atom. The van der Waals surface area contributed by atoms with E-state index in [2.05, 4.69) is 0 Å². The van der Waals surface area contributed by atoms with Gasteiger partial charge in [-0.1, -0.05) is 12.1 Å². The molecule has 1 N–H and O–H groups in total. The molecule has 1 aromatic carbocycles. The van der Waals surface area contributed by atoms with Gasteiger partial charge in [0.05, 0.1) is 0 Å². The molecule has 0 radical (unpaired) electrons. The van der Waals surface area contributed by atoms with Crippen LogP contribution in [0.15, 0.2) is 29.8 Å². The first-order chi connectivity index (χ1) is 7.50. The van der Waals surface area contributed by atoms with Gasteiger partial charge in [-0.3, -0.25) is 0 Å². The molecule has 3 nitrogen and oxygen atoms in total. The second-order valence-electron chi connectivity index (χ2n) is 3.82. The molecule has 0 saturated heterocycles. The molecule has 1 aromatic rings. The Morgan fingerprint density at radius 1 is 1.44 bits per heavy atom. The van der Waals surface area contributed by atoms with E-state index in [0.29, 0.717) is 12.2 Å². The van der Waals surface area contributed by atoms with Crippen LogP contribution in [-0.2, 0) is 4.79 Å². The molecule has 16 heavy (non-hydrogen) atoms. The Balaban J connectivity index is 2.68. The lowest BCUT2D eigenvalue weighted by atomic mass is 10.1. The van der Waals surface area contributed by atoms with Crippen LogP contribution in [0.4, 0.5) is 0 Å². The maximum atomic E-state index is 10.4. The summed E-state index contributed by atoms with van der Waals surface area (Å²) in [4.78, 5) is 10.4. The first kappa shape index (κ1) is 12.3. The predicted molar refractivity (Wildman–Crippen MR) is 62.8 cm³/mol. The number of carboxylic acid groups (broad SMARTS) is 1. The van der Waals surface area contributed by atoms with Crippen LogP contribution in [0.25, 0.3) is 0 Å². The van der Waals surface area contributed by atoms with Crippen molar-refractivity contribution in [3.63, 3.8) is 0 Å². The van der Waals surface area contributed by atoms with Crippen LogP contribution >= 0.6 is 0 Å². The first-order valence-electron chi connectivity index (χ1n) is 5.10. The second-order valence-corrected chi connectivity index (χ2v) is 3.82. The summed E-state index contributed by atoms with van der Waals surface area (Å²) in [7, 11) is 0. The van der Waals surface area contributed by atoms with Gasteiger partial charge in [-0.2, -0.15) is 0 Å². The van der Waals surface area contributed by atoms with Gasteiger partial charge in [0.25, 0.3) is 0 Å². The zero-order valence-electron chi connectivity index (χ0n) is 9.78. The summed E-state index contributed by atoms with van der Waals surface area (Å²) >= 11 is 0. The number of benzene rings is 1. The van der Waals surface area contributed by atoms with Gasteiger partial charge in [0.15, 0.2) is 0 Å². The Morgan fingerprint density at radius 3 is 2.75 bits per heavy atom. The van der Waals surface area contributed by atoms with Gasteiger partial charge in [0.1, 0.15) is 12.4 Å². The zero-order valence-corrected chi connectivity index (χ0v) is 9.78. The summed E-state index contributed by atoms with van der Waals surface area (Å²) in [5.74, 6) is -0.139. The van der Waals surface area contributed by atoms with E-state index in [-0.39, 0.29) is 0 Å². The maximum absolute atomic E-state index is 10.4. The number of ether oxygens (including phenoxy) is 1. The molecule has 0 bridgehead atoms. The fourth-order valence-corrected chi connectivity index (χ4v) is 1.32. The fourth-order valence-electron chi connectivity index (χ4n) is 1.32. The van der Waals surface area contributed by atoms with E-state index in [0.717, 1.165) is 23.0 Å². The highest BCUT2D eigenvalue weighted by atomic mass is 16.5. The molecule has 0 spiro atoms. The van der Waals surface area contributed by atoms with E-state index in [1.165, 1.54) is 0 Å². The van der Waals surface area contributed by atoms with Crippen molar-refractivity contribution in [2.75, 3.05) is 6.61 Å². The van der Waals surface area contributed by atoms with Crippen molar-refractivity contribution in [1.82, 2.24) is 0 Å². The second kappa shape index (κ2) is 5.35. The average molecular weight is 220 g/mol. The number of aliphatic carboxylic acids is 1. The van der Waals surface area contributed by atoms with E-state index in [9.17, 15) is 4.79 Å². The van der Waals surface area contributed by atoms with E-state index in [1.54, 1.807) is 6.92 Å². The molecule has 86 valence electrons. The third kappa shape index (κ3) is 3.42. The monoisotopic (exact) mass is 220 g/mol. The van der Waals surface area contributed by atoms with Gasteiger partial charge in [0, 0.05) is 6.08 Å². The van der Waals surface area contributed by atoms with Crippen LogP contribution in [-0.4, -0.2) is 17.7 Å². The number of carbonyl (C=O) groups is 1. The number of aryl methyl sites for hydroxylation is 1. The minimum absolute atomic E-state index is 0.302. The SMILES string of the molecule is C/C(=C\C(=O)O)COc1cccc(C)c1C. The summed E-state index contributed by atoms with van der Waals surface area (Å²) in [5, 5.41) is 8.55. The molecule has 0 amide bonds. The molecule has 0 unspecified atom stereocenters. The van der Waals surface area contributed by atoms with Crippen molar-refractivity contribution in [1.29, 1.82) is 0 Å². The van der Waals surface area contributed by atoms with Crippen LogP contribution in [0.3, 0.4) is 0 Å². The normalized spacial score (nSPS) is 11.3. The molecule has 0 fully saturated rings. The van der Waals surface area contributed by atoms with Crippen molar-refractivity contribution in [3.05, 3.63) is 41.0 Å². The summed E-state index contributed by atoms with van der Waals surface area (Å²) in [5.41, 5.74) is 2.94. The predicted octanol–water partition coefficient (Wildman–Crippen LogP) is 2.71. The van der Waals surface area contributed by atoms with Crippen molar-refractivity contribution < 1.29 is 14.6 Å². The highest BCUT2D eigenvalue weighted by Gasteiger charge is 2.02. The third-order valence-electron chi connectivity index (χ3n) is 2.38.